The Hall–Kier alpha value is -3.80. The van der Waals surface area contributed by atoms with Crippen LogP contribution in [-0.4, -0.2) is 24.2 Å². The molecule has 3 aromatic rings. The van der Waals surface area contributed by atoms with E-state index in [4.69, 9.17) is 16.3 Å². The Kier molecular flexibility index (Phi) is 9.34. The zero-order valence-corrected chi connectivity index (χ0v) is 22.4. The summed E-state index contributed by atoms with van der Waals surface area (Å²) in [6.45, 7) is 7.01. The van der Waals surface area contributed by atoms with Gasteiger partial charge in [0, 0.05) is 27.1 Å². The summed E-state index contributed by atoms with van der Waals surface area (Å²) < 4.78 is 8.51. The first-order valence-corrected chi connectivity index (χ1v) is 12.6. The Balaban J connectivity index is 1.69. The maximum absolute atomic E-state index is 13.2. The van der Waals surface area contributed by atoms with Gasteiger partial charge in [0.25, 0.3) is 5.91 Å². The fourth-order valence-electron chi connectivity index (χ4n) is 3.28. The number of aryl methyl sites for hydroxylation is 2. The average molecular weight is 536 g/mol. The molecule has 0 spiro atoms. The molecule has 0 unspecified atom stereocenters. The molecule has 0 aromatic heterocycles. The van der Waals surface area contributed by atoms with Gasteiger partial charge in [-0.3, -0.25) is 19.1 Å². The van der Waals surface area contributed by atoms with Crippen molar-refractivity contribution in [2.24, 2.45) is 5.92 Å². The van der Waals surface area contributed by atoms with Crippen molar-refractivity contribution in [2.75, 3.05) is 11.9 Å². The highest BCUT2D eigenvalue weighted by molar-refractivity contribution is 7.98. The topological polar surface area (TPSA) is 108 Å². The second-order valence-corrected chi connectivity index (χ2v) is 10.0. The van der Waals surface area contributed by atoms with Gasteiger partial charge in [-0.25, -0.2) is 0 Å². The van der Waals surface area contributed by atoms with Gasteiger partial charge in [-0.1, -0.05) is 37.1 Å². The first kappa shape index (κ1) is 27.8. The second-order valence-electron chi connectivity index (χ2n) is 8.71. The van der Waals surface area contributed by atoms with Crippen molar-refractivity contribution in [3.05, 3.63) is 87.4 Å². The van der Waals surface area contributed by atoms with Gasteiger partial charge in [-0.05, 0) is 79.9 Å². The molecule has 0 aliphatic rings. The van der Waals surface area contributed by atoms with E-state index in [2.05, 4.69) is 10.0 Å². The lowest BCUT2D eigenvalue weighted by Crippen LogP contribution is -2.22. The van der Waals surface area contributed by atoms with Gasteiger partial charge in [-0.2, -0.15) is 5.26 Å². The van der Waals surface area contributed by atoms with Gasteiger partial charge >= 0.3 is 0 Å². The summed E-state index contributed by atoms with van der Waals surface area (Å²) in [5, 5.41) is 12.3. The van der Waals surface area contributed by atoms with E-state index < -0.39 is 5.91 Å². The Morgan fingerprint density at radius 2 is 1.81 bits per heavy atom. The van der Waals surface area contributed by atoms with Gasteiger partial charge in [0.1, 0.15) is 5.75 Å². The van der Waals surface area contributed by atoms with Crippen LogP contribution in [0.15, 0.2) is 59.5 Å². The van der Waals surface area contributed by atoms with Crippen LogP contribution in [0, 0.1) is 31.1 Å². The highest BCUT2D eigenvalue weighted by Crippen LogP contribution is 2.26. The second kappa shape index (κ2) is 12.4. The molecule has 9 heteroatoms. The van der Waals surface area contributed by atoms with Crippen LogP contribution >= 0.6 is 23.5 Å². The fourth-order valence-corrected chi connectivity index (χ4v) is 4.35. The summed E-state index contributed by atoms with van der Waals surface area (Å²) in [7, 11) is 0. The Morgan fingerprint density at radius 3 is 2.49 bits per heavy atom. The Morgan fingerprint density at radius 1 is 1.05 bits per heavy atom. The van der Waals surface area contributed by atoms with Crippen molar-refractivity contribution in [3.63, 3.8) is 0 Å². The number of hydrogen-bond donors (Lipinski definition) is 2. The molecule has 0 radical (unpaired) electrons. The Labute approximate surface area is 225 Å². The van der Waals surface area contributed by atoms with Crippen molar-refractivity contribution in [1.29, 1.82) is 5.26 Å². The van der Waals surface area contributed by atoms with Crippen LogP contribution in [-0.2, 0) is 9.59 Å². The summed E-state index contributed by atoms with van der Waals surface area (Å²) >= 11 is 7.29. The third-order valence-electron chi connectivity index (χ3n) is 5.29. The minimum absolute atomic E-state index is 0.0630. The molecule has 0 fully saturated rings. The van der Waals surface area contributed by atoms with E-state index in [0.29, 0.717) is 5.69 Å². The zero-order chi connectivity index (χ0) is 27.1. The standard InChI is InChI=1S/C28H26ClN3O4S/c1-16(2)28(35)32-37-22-6-7-24(18(4)10-22)31-26(33)15-36-25-8-5-17(3)9-23(25)27(34)20-11-19(14-30)12-21(29)13-20/h5-13,16H,15H2,1-4H3,(H,31,33)(H,32,35). The van der Waals surface area contributed by atoms with Crippen LogP contribution < -0.4 is 14.8 Å². The molecular formula is C28H26ClN3O4S. The molecule has 2 N–H and O–H groups in total. The maximum atomic E-state index is 13.2. The fraction of sp³-hybridized carbons (Fsp3) is 0.214. The lowest BCUT2D eigenvalue weighted by molar-refractivity contribution is -0.122. The van der Waals surface area contributed by atoms with E-state index in [-0.39, 0.29) is 51.7 Å². The molecule has 3 rings (SSSR count). The summed E-state index contributed by atoms with van der Waals surface area (Å²) in [5.41, 5.74) is 3.05. The van der Waals surface area contributed by atoms with E-state index in [1.54, 1.807) is 30.3 Å². The Bertz CT molecular complexity index is 1400. The average Bonchev–Trinajstić information content (AvgIpc) is 2.86. The number of ketones is 1. The van der Waals surface area contributed by atoms with Crippen LogP contribution in [0.1, 0.15) is 46.5 Å². The van der Waals surface area contributed by atoms with E-state index in [0.717, 1.165) is 16.0 Å². The molecule has 0 aliphatic carbocycles. The van der Waals surface area contributed by atoms with Crippen LogP contribution in [0.5, 0.6) is 5.75 Å². The highest BCUT2D eigenvalue weighted by atomic mass is 35.5. The van der Waals surface area contributed by atoms with Crippen molar-refractivity contribution in [3.8, 4) is 11.8 Å². The first-order valence-electron chi connectivity index (χ1n) is 11.4. The smallest absolute Gasteiger partial charge is 0.262 e. The minimum Gasteiger partial charge on any atom is -0.483 e. The van der Waals surface area contributed by atoms with E-state index in [1.807, 2.05) is 39.8 Å². The first-order chi connectivity index (χ1) is 17.6. The lowest BCUT2D eigenvalue weighted by Gasteiger charge is -2.14. The van der Waals surface area contributed by atoms with Crippen LogP contribution in [0.2, 0.25) is 5.02 Å². The summed E-state index contributed by atoms with van der Waals surface area (Å²) in [6, 6.07) is 16.9. The largest absolute Gasteiger partial charge is 0.483 e. The molecule has 3 aromatic carbocycles. The number of ether oxygens (including phenoxy) is 1. The van der Waals surface area contributed by atoms with E-state index >= 15 is 0 Å². The third-order valence-corrected chi connectivity index (χ3v) is 6.30. The zero-order valence-electron chi connectivity index (χ0n) is 20.8. The summed E-state index contributed by atoms with van der Waals surface area (Å²) in [5.74, 6) is -0.700. The number of carbonyl (C=O) groups excluding carboxylic acids is 3. The number of hydrogen-bond acceptors (Lipinski definition) is 6. The number of nitrogens with one attached hydrogen (secondary N) is 2. The molecule has 37 heavy (non-hydrogen) atoms. The monoisotopic (exact) mass is 535 g/mol. The van der Waals surface area contributed by atoms with Crippen LogP contribution in [0.4, 0.5) is 5.69 Å². The van der Waals surface area contributed by atoms with Gasteiger partial charge in [-0.15, -0.1) is 0 Å². The number of nitriles is 1. The molecule has 2 amide bonds. The molecular weight excluding hydrogens is 510 g/mol. The highest BCUT2D eigenvalue weighted by Gasteiger charge is 2.18. The molecule has 0 atom stereocenters. The molecule has 0 bridgehead atoms. The van der Waals surface area contributed by atoms with Crippen LogP contribution in [0.25, 0.3) is 0 Å². The van der Waals surface area contributed by atoms with Gasteiger partial charge in [0.05, 0.1) is 17.2 Å². The number of benzene rings is 3. The van der Waals surface area contributed by atoms with Crippen molar-refractivity contribution < 1.29 is 19.1 Å². The predicted molar refractivity (Wildman–Crippen MR) is 145 cm³/mol. The van der Waals surface area contributed by atoms with Gasteiger partial charge < -0.3 is 10.1 Å². The number of anilines is 1. The van der Waals surface area contributed by atoms with Crippen LogP contribution in [0.3, 0.4) is 0 Å². The van der Waals surface area contributed by atoms with Gasteiger partial charge in [0.2, 0.25) is 5.91 Å². The third kappa shape index (κ3) is 7.59. The minimum atomic E-state index is -0.398. The van der Waals surface area contributed by atoms with Crippen molar-refractivity contribution in [2.45, 2.75) is 32.6 Å². The SMILES string of the molecule is Cc1ccc(OCC(=O)Nc2ccc(SNC(=O)C(C)C)cc2C)c(C(=O)c2cc(Cl)cc(C#N)c2)c1. The molecule has 0 saturated heterocycles. The van der Waals surface area contributed by atoms with E-state index in [1.165, 1.54) is 30.1 Å². The van der Waals surface area contributed by atoms with Crippen molar-refractivity contribution >= 4 is 46.8 Å². The molecule has 7 nitrogen and oxygen atoms in total. The molecule has 0 aliphatic heterocycles. The number of carbonyl (C=O) groups is 3. The molecule has 0 heterocycles. The van der Waals surface area contributed by atoms with Crippen molar-refractivity contribution in [1.82, 2.24) is 4.72 Å². The summed E-state index contributed by atoms with van der Waals surface area (Å²) in [6.07, 6.45) is 0. The maximum Gasteiger partial charge on any atom is 0.262 e. The number of rotatable bonds is 9. The molecule has 0 saturated carbocycles. The van der Waals surface area contributed by atoms with E-state index in [9.17, 15) is 19.6 Å². The molecule has 190 valence electrons. The number of halogens is 1. The normalized spacial score (nSPS) is 10.5. The summed E-state index contributed by atoms with van der Waals surface area (Å²) in [4.78, 5) is 38.4. The predicted octanol–water partition coefficient (Wildman–Crippen LogP) is 5.86. The quantitative estimate of drug-likeness (QED) is 0.262. The lowest BCUT2D eigenvalue weighted by atomic mass is 9.99. The number of amides is 2. The number of nitrogens with zero attached hydrogens (tertiary/aromatic N) is 1. The van der Waals surface area contributed by atoms with Gasteiger partial charge in [0.15, 0.2) is 12.4 Å².